The smallest absolute Gasteiger partial charge is 0.224 e. The van der Waals surface area contributed by atoms with Crippen LogP contribution < -0.4 is 0 Å². The zero-order valence-electron chi connectivity index (χ0n) is 15.6. The Morgan fingerprint density at radius 1 is 1.15 bits per heavy atom. The Morgan fingerprint density at radius 2 is 2.00 bits per heavy atom. The van der Waals surface area contributed by atoms with Crippen LogP contribution in [0.5, 0.6) is 0 Å². The lowest BCUT2D eigenvalue weighted by atomic mass is 9.94. The first-order valence-electron chi connectivity index (χ1n) is 9.72. The number of hydrogen-bond donors (Lipinski definition) is 0. The fourth-order valence-electron chi connectivity index (χ4n) is 4.45. The SMILES string of the molecule is Cc1nccn1CCC(=O)N1C[C@@H]2CC[C@H]1CN(Cc1ccccc1)C2. The molecule has 0 unspecified atom stereocenters. The van der Waals surface area contributed by atoms with Crippen molar-refractivity contribution in [2.24, 2.45) is 5.92 Å². The molecular weight excluding hydrogens is 324 g/mol. The van der Waals surface area contributed by atoms with E-state index in [1.54, 1.807) is 6.20 Å². The monoisotopic (exact) mass is 352 g/mol. The first-order chi connectivity index (χ1) is 12.7. The molecule has 2 bridgehead atoms. The summed E-state index contributed by atoms with van der Waals surface area (Å²) >= 11 is 0. The summed E-state index contributed by atoms with van der Waals surface area (Å²) in [5.41, 5.74) is 1.36. The summed E-state index contributed by atoms with van der Waals surface area (Å²) in [5, 5.41) is 0. The van der Waals surface area contributed by atoms with Gasteiger partial charge < -0.3 is 9.47 Å². The van der Waals surface area contributed by atoms with Gasteiger partial charge in [0, 0.05) is 57.6 Å². The van der Waals surface area contributed by atoms with Crippen molar-refractivity contribution in [3.63, 3.8) is 0 Å². The van der Waals surface area contributed by atoms with Gasteiger partial charge in [-0.1, -0.05) is 30.3 Å². The fourth-order valence-corrected chi connectivity index (χ4v) is 4.45. The standard InChI is InChI=1S/C21H28N4O/c1-17-22-10-12-24(17)11-9-21(26)25-15-19-7-8-20(25)16-23(14-19)13-18-5-3-2-4-6-18/h2-6,10,12,19-20H,7-9,11,13-16H2,1H3/t19-,20+/m1/s1. The van der Waals surface area contributed by atoms with Gasteiger partial charge in [-0.05, 0) is 31.2 Å². The molecule has 5 rings (SSSR count). The Labute approximate surface area is 155 Å². The van der Waals surface area contributed by atoms with Gasteiger partial charge in [-0.15, -0.1) is 0 Å². The summed E-state index contributed by atoms with van der Waals surface area (Å²) in [5.74, 6) is 1.88. The van der Waals surface area contributed by atoms with E-state index in [4.69, 9.17) is 0 Å². The minimum Gasteiger partial charge on any atom is -0.338 e. The molecule has 3 aliphatic rings. The van der Waals surface area contributed by atoms with Crippen LogP contribution in [0.4, 0.5) is 0 Å². The zero-order valence-corrected chi connectivity index (χ0v) is 15.6. The number of carbonyl (C=O) groups is 1. The highest BCUT2D eigenvalue weighted by Gasteiger charge is 2.36. The Balaban J connectivity index is 1.38. The number of amides is 1. The van der Waals surface area contributed by atoms with Crippen LogP contribution in [0.25, 0.3) is 0 Å². The van der Waals surface area contributed by atoms with Crippen molar-refractivity contribution in [1.29, 1.82) is 0 Å². The molecule has 5 nitrogen and oxygen atoms in total. The Morgan fingerprint density at radius 3 is 2.77 bits per heavy atom. The van der Waals surface area contributed by atoms with Crippen molar-refractivity contribution in [2.75, 3.05) is 19.6 Å². The molecule has 138 valence electrons. The van der Waals surface area contributed by atoms with Crippen LogP contribution in [0.1, 0.15) is 30.7 Å². The molecular formula is C21H28N4O. The lowest BCUT2D eigenvalue weighted by Gasteiger charge is -2.36. The third kappa shape index (κ3) is 3.83. The van der Waals surface area contributed by atoms with Gasteiger partial charge in [-0.25, -0.2) is 4.98 Å². The Hall–Kier alpha value is -2.14. The summed E-state index contributed by atoms with van der Waals surface area (Å²) in [6.45, 7) is 6.74. The Bertz CT molecular complexity index is 741. The molecule has 4 heterocycles. The highest BCUT2D eigenvalue weighted by molar-refractivity contribution is 5.76. The number of aromatic nitrogens is 2. The maximum Gasteiger partial charge on any atom is 0.224 e. The number of benzene rings is 1. The zero-order chi connectivity index (χ0) is 17.9. The maximum absolute atomic E-state index is 12.9. The molecule has 3 aliphatic heterocycles. The van der Waals surface area contributed by atoms with E-state index in [2.05, 4.69) is 49.7 Å². The number of nitrogens with zero attached hydrogens (tertiary/aromatic N) is 4. The number of fused-ring (bicyclic) bond motifs is 4. The molecule has 2 aromatic rings. The molecule has 5 heteroatoms. The second kappa shape index (κ2) is 7.62. The van der Waals surface area contributed by atoms with Crippen LogP contribution >= 0.6 is 0 Å². The van der Waals surface area contributed by atoms with Crippen molar-refractivity contribution in [1.82, 2.24) is 19.4 Å². The fraction of sp³-hybridized carbons (Fsp3) is 0.524. The molecule has 2 atom stereocenters. The van der Waals surface area contributed by atoms with Gasteiger partial charge in [0.25, 0.3) is 0 Å². The number of aryl methyl sites for hydroxylation is 2. The summed E-state index contributed by atoms with van der Waals surface area (Å²) in [6.07, 6.45) is 6.72. The van der Waals surface area contributed by atoms with Gasteiger partial charge in [-0.3, -0.25) is 9.69 Å². The minimum atomic E-state index is 0.300. The molecule has 0 aliphatic carbocycles. The van der Waals surface area contributed by atoms with Gasteiger partial charge in [0.2, 0.25) is 5.91 Å². The van der Waals surface area contributed by atoms with Crippen LogP contribution in [0, 0.1) is 12.8 Å². The van der Waals surface area contributed by atoms with E-state index in [9.17, 15) is 4.79 Å². The minimum absolute atomic E-state index is 0.300. The van der Waals surface area contributed by atoms with E-state index in [1.807, 2.05) is 13.1 Å². The summed E-state index contributed by atoms with van der Waals surface area (Å²) in [4.78, 5) is 21.8. The first-order valence-corrected chi connectivity index (χ1v) is 9.72. The predicted octanol–water partition coefficient (Wildman–Crippen LogP) is 2.70. The number of hydrogen-bond acceptors (Lipinski definition) is 3. The number of carbonyl (C=O) groups excluding carboxylic acids is 1. The van der Waals surface area contributed by atoms with Gasteiger partial charge in [-0.2, -0.15) is 0 Å². The average Bonchev–Trinajstić information content (AvgIpc) is 2.87. The highest BCUT2D eigenvalue weighted by atomic mass is 16.2. The lowest BCUT2D eigenvalue weighted by molar-refractivity contribution is -0.135. The van der Waals surface area contributed by atoms with Gasteiger partial charge in [0.1, 0.15) is 5.82 Å². The maximum atomic E-state index is 12.9. The molecule has 3 saturated heterocycles. The second-order valence-electron chi connectivity index (χ2n) is 7.74. The van der Waals surface area contributed by atoms with Crippen LogP contribution in [-0.2, 0) is 17.9 Å². The quantitative estimate of drug-likeness (QED) is 0.831. The van der Waals surface area contributed by atoms with Crippen molar-refractivity contribution >= 4 is 5.91 Å². The summed E-state index contributed by atoms with van der Waals surface area (Å²) in [6, 6.07) is 11.0. The van der Waals surface area contributed by atoms with Crippen molar-refractivity contribution < 1.29 is 4.79 Å². The third-order valence-corrected chi connectivity index (χ3v) is 5.85. The van der Waals surface area contributed by atoms with Crippen molar-refractivity contribution in [3.8, 4) is 0 Å². The van der Waals surface area contributed by atoms with E-state index in [0.29, 0.717) is 24.3 Å². The molecule has 0 spiro atoms. The van der Waals surface area contributed by atoms with Crippen LogP contribution in [0.15, 0.2) is 42.7 Å². The average molecular weight is 352 g/mol. The molecule has 0 radical (unpaired) electrons. The van der Waals surface area contributed by atoms with Gasteiger partial charge in [0.15, 0.2) is 0 Å². The molecule has 1 amide bonds. The van der Waals surface area contributed by atoms with Gasteiger partial charge >= 0.3 is 0 Å². The topological polar surface area (TPSA) is 41.4 Å². The molecule has 0 N–H and O–H groups in total. The molecule has 26 heavy (non-hydrogen) atoms. The van der Waals surface area contributed by atoms with E-state index in [-0.39, 0.29) is 0 Å². The van der Waals surface area contributed by atoms with E-state index in [1.165, 1.54) is 12.0 Å². The normalized spacial score (nSPS) is 23.2. The van der Waals surface area contributed by atoms with E-state index >= 15 is 0 Å². The van der Waals surface area contributed by atoms with Crippen LogP contribution in [0.3, 0.4) is 0 Å². The number of rotatable bonds is 5. The van der Waals surface area contributed by atoms with Gasteiger partial charge in [0.05, 0.1) is 0 Å². The van der Waals surface area contributed by atoms with Crippen molar-refractivity contribution in [2.45, 2.75) is 45.3 Å². The summed E-state index contributed by atoms with van der Waals surface area (Å²) < 4.78 is 2.07. The first kappa shape index (κ1) is 17.3. The summed E-state index contributed by atoms with van der Waals surface area (Å²) in [7, 11) is 0. The molecule has 0 saturated carbocycles. The third-order valence-electron chi connectivity index (χ3n) is 5.85. The molecule has 3 fully saturated rings. The van der Waals surface area contributed by atoms with E-state index < -0.39 is 0 Å². The number of piperidine rings is 1. The van der Waals surface area contributed by atoms with Crippen molar-refractivity contribution in [3.05, 3.63) is 54.1 Å². The largest absolute Gasteiger partial charge is 0.338 e. The highest BCUT2D eigenvalue weighted by Crippen LogP contribution is 2.29. The predicted molar refractivity (Wildman–Crippen MR) is 102 cm³/mol. The number of imidazole rings is 1. The van der Waals surface area contributed by atoms with Crippen LogP contribution in [0.2, 0.25) is 0 Å². The lowest BCUT2D eigenvalue weighted by Crippen LogP contribution is -2.47. The second-order valence-corrected chi connectivity index (χ2v) is 7.74. The molecule has 1 aromatic heterocycles. The van der Waals surface area contributed by atoms with E-state index in [0.717, 1.165) is 45.0 Å². The molecule has 1 aromatic carbocycles. The Kier molecular flexibility index (Phi) is 5.07. The van der Waals surface area contributed by atoms with Crippen LogP contribution in [-0.4, -0.2) is 50.9 Å².